The Bertz CT molecular complexity index is 727. The zero-order valence-electron chi connectivity index (χ0n) is 14.4. The van der Waals surface area contributed by atoms with Gasteiger partial charge in [0.05, 0.1) is 0 Å². The Labute approximate surface area is 148 Å². The molecule has 4 rings (SSSR count). The van der Waals surface area contributed by atoms with Crippen molar-refractivity contribution in [1.82, 2.24) is 15.2 Å². The van der Waals surface area contributed by atoms with Crippen molar-refractivity contribution in [3.8, 4) is 0 Å². The summed E-state index contributed by atoms with van der Waals surface area (Å²) in [5.41, 5.74) is 1.85. The summed E-state index contributed by atoms with van der Waals surface area (Å²) in [6.07, 6.45) is 2.20. The topological polar surface area (TPSA) is 48.5 Å². The Morgan fingerprint density at radius 1 is 1.00 bits per heavy atom. The summed E-state index contributed by atoms with van der Waals surface area (Å²) in [5.74, 6) is 0.960. The number of anilines is 1. The van der Waals surface area contributed by atoms with Gasteiger partial charge in [-0.15, -0.1) is 0 Å². The second kappa shape index (κ2) is 7.23. The second-order valence-electron chi connectivity index (χ2n) is 6.74. The largest absolute Gasteiger partial charge is 0.353 e. The van der Waals surface area contributed by atoms with Gasteiger partial charge in [0.25, 0.3) is 5.91 Å². The molecule has 2 aliphatic rings. The Hall–Kier alpha value is -2.40. The molecule has 0 aliphatic carbocycles. The molecule has 1 atom stereocenters. The van der Waals surface area contributed by atoms with E-state index in [1.54, 1.807) is 0 Å². The number of piperazine rings is 1. The lowest BCUT2D eigenvalue weighted by Crippen LogP contribution is -2.46. The van der Waals surface area contributed by atoms with Crippen molar-refractivity contribution >= 4 is 11.7 Å². The number of carbonyl (C=O) groups is 1. The summed E-state index contributed by atoms with van der Waals surface area (Å²) in [4.78, 5) is 21.5. The van der Waals surface area contributed by atoms with E-state index in [1.807, 2.05) is 29.2 Å². The van der Waals surface area contributed by atoms with Crippen LogP contribution in [0.15, 0.2) is 48.5 Å². The average Bonchev–Trinajstić information content (AvgIpc) is 3.23. The van der Waals surface area contributed by atoms with Crippen LogP contribution in [0.4, 0.5) is 5.82 Å². The molecule has 2 fully saturated rings. The molecule has 5 heteroatoms. The van der Waals surface area contributed by atoms with Crippen LogP contribution in [0, 0.1) is 0 Å². The maximum Gasteiger partial charge on any atom is 0.272 e. The molecule has 2 saturated heterocycles. The van der Waals surface area contributed by atoms with Gasteiger partial charge < -0.3 is 15.1 Å². The molecule has 1 N–H and O–H groups in total. The number of benzene rings is 1. The van der Waals surface area contributed by atoms with Crippen LogP contribution in [0.5, 0.6) is 0 Å². The molecule has 0 bridgehead atoms. The normalized spacial score (nSPS) is 20.7. The van der Waals surface area contributed by atoms with Crippen LogP contribution < -0.4 is 10.2 Å². The van der Waals surface area contributed by atoms with Crippen LogP contribution in [0.1, 0.15) is 34.9 Å². The van der Waals surface area contributed by atoms with E-state index in [0.717, 1.165) is 51.4 Å². The first-order valence-corrected chi connectivity index (χ1v) is 9.11. The molecule has 5 nitrogen and oxygen atoms in total. The highest BCUT2D eigenvalue weighted by Gasteiger charge is 2.24. The molecule has 0 spiro atoms. The predicted octanol–water partition coefficient (Wildman–Crippen LogP) is 2.47. The predicted molar refractivity (Wildman–Crippen MR) is 98.8 cm³/mol. The number of likely N-dealkylation sites (tertiary alicyclic amines) is 1. The molecule has 130 valence electrons. The van der Waals surface area contributed by atoms with Crippen molar-refractivity contribution in [3.05, 3.63) is 59.8 Å². The van der Waals surface area contributed by atoms with Crippen LogP contribution in [-0.4, -0.2) is 48.5 Å². The lowest BCUT2D eigenvalue weighted by molar-refractivity contribution is 0.0787. The smallest absolute Gasteiger partial charge is 0.272 e. The van der Waals surface area contributed by atoms with Gasteiger partial charge >= 0.3 is 0 Å². The van der Waals surface area contributed by atoms with Crippen molar-refractivity contribution < 1.29 is 4.79 Å². The van der Waals surface area contributed by atoms with Crippen LogP contribution in [-0.2, 0) is 0 Å². The minimum Gasteiger partial charge on any atom is -0.353 e. The summed E-state index contributed by atoms with van der Waals surface area (Å²) >= 11 is 0. The molecule has 1 aromatic carbocycles. The van der Waals surface area contributed by atoms with Gasteiger partial charge in [0.1, 0.15) is 11.5 Å². The van der Waals surface area contributed by atoms with Gasteiger partial charge in [-0.05, 0) is 30.5 Å². The summed E-state index contributed by atoms with van der Waals surface area (Å²) in [5, 5.41) is 3.57. The molecule has 3 heterocycles. The van der Waals surface area contributed by atoms with E-state index in [1.165, 1.54) is 5.56 Å². The Kier molecular flexibility index (Phi) is 4.65. The SMILES string of the molecule is O=C(c1cccc(N2CCN[C@@H](c3ccccc3)C2)n1)N1CCCC1. The first kappa shape index (κ1) is 16.1. The fourth-order valence-corrected chi connectivity index (χ4v) is 3.67. The quantitative estimate of drug-likeness (QED) is 0.935. The van der Waals surface area contributed by atoms with E-state index in [-0.39, 0.29) is 11.9 Å². The monoisotopic (exact) mass is 336 g/mol. The minimum absolute atomic E-state index is 0.0640. The minimum atomic E-state index is 0.0640. The van der Waals surface area contributed by atoms with Gasteiger partial charge in [-0.2, -0.15) is 0 Å². The molecule has 2 aliphatic heterocycles. The molecule has 25 heavy (non-hydrogen) atoms. The van der Waals surface area contributed by atoms with Gasteiger partial charge in [0, 0.05) is 38.8 Å². The number of nitrogens with one attached hydrogen (secondary N) is 1. The van der Waals surface area contributed by atoms with Gasteiger partial charge in [-0.1, -0.05) is 36.4 Å². The van der Waals surface area contributed by atoms with Crippen LogP contribution in [0.25, 0.3) is 0 Å². The number of carbonyl (C=O) groups excluding carboxylic acids is 1. The van der Waals surface area contributed by atoms with E-state index in [2.05, 4.69) is 39.5 Å². The Morgan fingerprint density at radius 2 is 1.80 bits per heavy atom. The maximum atomic E-state index is 12.6. The van der Waals surface area contributed by atoms with Crippen LogP contribution in [0.2, 0.25) is 0 Å². The van der Waals surface area contributed by atoms with Crippen LogP contribution >= 0.6 is 0 Å². The molecule has 0 radical (unpaired) electrons. The second-order valence-corrected chi connectivity index (χ2v) is 6.74. The fourth-order valence-electron chi connectivity index (χ4n) is 3.67. The average molecular weight is 336 g/mol. The Morgan fingerprint density at radius 3 is 2.60 bits per heavy atom. The summed E-state index contributed by atoms with van der Waals surface area (Å²) in [6, 6.07) is 16.6. The molecule has 0 saturated carbocycles. The third-order valence-electron chi connectivity index (χ3n) is 5.05. The number of amides is 1. The molecule has 2 aromatic rings. The zero-order chi connectivity index (χ0) is 17.1. The molecule has 1 amide bonds. The highest BCUT2D eigenvalue weighted by Crippen LogP contribution is 2.22. The number of hydrogen-bond acceptors (Lipinski definition) is 4. The Balaban J connectivity index is 1.51. The first-order chi connectivity index (χ1) is 12.3. The third kappa shape index (κ3) is 3.51. The molecular formula is C20H24N4O. The van der Waals surface area contributed by atoms with E-state index < -0.39 is 0 Å². The van der Waals surface area contributed by atoms with Crippen molar-refractivity contribution in [2.24, 2.45) is 0 Å². The summed E-state index contributed by atoms with van der Waals surface area (Å²) < 4.78 is 0. The van der Waals surface area contributed by atoms with Crippen molar-refractivity contribution in [2.75, 3.05) is 37.6 Å². The van der Waals surface area contributed by atoms with Crippen molar-refractivity contribution in [2.45, 2.75) is 18.9 Å². The van der Waals surface area contributed by atoms with Gasteiger partial charge in [0.15, 0.2) is 0 Å². The zero-order valence-corrected chi connectivity index (χ0v) is 14.4. The van der Waals surface area contributed by atoms with Crippen molar-refractivity contribution in [1.29, 1.82) is 0 Å². The number of rotatable bonds is 3. The maximum absolute atomic E-state index is 12.6. The number of aromatic nitrogens is 1. The van der Waals surface area contributed by atoms with Crippen LogP contribution in [0.3, 0.4) is 0 Å². The highest BCUT2D eigenvalue weighted by atomic mass is 16.2. The number of pyridine rings is 1. The standard InChI is InChI=1S/C20H24N4O/c25-20(23-12-4-5-13-23)17-9-6-10-19(22-17)24-14-11-21-18(15-24)16-7-2-1-3-8-16/h1-3,6-10,18,21H,4-5,11-15H2/t18-/m1/s1. The highest BCUT2D eigenvalue weighted by molar-refractivity contribution is 5.92. The van der Waals surface area contributed by atoms with Crippen molar-refractivity contribution in [3.63, 3.8) is 0 Å². The summed E-state index contributed by atoms with van der Waals surface area (Å²) in [6.45, 7) is 4.38. The van der Waals surface area contributed by atoms with E-state index in [0.29, 0.717) is 5.69 Å². The number of hydrogen-bond donors (Lipinski definition) is 1. The van der Waals surface area contributed by atoms with E-state index in [9.17, 15) is 4.79 Å². The van der Waals surface area contributed by atoms with Gasteiger partial charge in [-0.25, -0.2) is 4.98 Å². The molecule has 0 unspecified atom stereocenters. The van der Waals surface area contributed by atoms with Gasteiger partial charge in [-0.3, -0.25) is 4.79 Å². The lowest BCUT2D eigenvalue weighted by Gasteiger charge is -2.35. The summed E-state index contributed by atoms with van der Waals surface area (Å²) in [7, 11) is 0. The number of nitrogens with zero attached hydrogens (tertiary/aromatic N) is 3. The van der Waals surface area contributed by atoms with E-state index in [4.69, 9.17) is 0 Å². The molecular weight excluding hydrogens is 312 g/mol. The first-order valence-electron chi connectivity index (χ1n) is 9.11. The fraction of sp³-hybridized carbons (Fsp3) is 0.400. The molecule has 1 aromatic heterocycles. The lowest BCUT2D eigenvalue weighted by atomic mass is 10.0. The third-order valence-corrected chi connectivity index (χ3v) is 5.05. The van der Waals surface area contributed by atoms with E-state index >= 15 is 0 Å². The van der Waals surface area contributed by atoms with Gasteiger partial charge in [0.2, 0.25) is 0 Å².